The highest BCUT2D eigenvalue weighted by molar-refractivity contribution is 7.68. The Kier molecular flexibility index (Phi) is 9.64. The predicted molar refractivity (Wildman–Crippen MR) is 350 cm³/mol. The molecule has 0 saturated carbocycles. The summed E-state index contributed by atoms with van der Waals surface area (Å²) in [7, 11) is -1.51. The molecule has 2 heterocycles. The average Bonchev–Trinajstić information content (AvgIpc) is 3.31. The molecule has 0 nitrogen and oxygen atoms in total. The molecule has 14 aromatic carbocycles. The van der Waals surface area contributed by atoms with Crippen LogP contribution < -0.4 is 0 Å². The normalized spacial score (nSPS) is 14.7. The molecule has 3 unspecified atom stereocenters. The Hall–Kier alpha value is -9.54. The van der Waals surface area contributed by atoms with Crippen molar-refractivity contribution in [3.05, 3.63) is 313 Å². The van der Waals surface area contributed by atoms with Crippen LogP contribution in [0, 0.1) is 0 Å². The first kappa shape index (κ1) is 45.3. The van der Waals surface area contributed by atoms with E-state index in [1.807, 2.05) is 0 Å². The maximum absolute atomic E-state index is 2.58. The van der Waals surface area contributed by atoms with E-state index in [9.17, 15) is 0 Å². The van der Waals surface area contributed by atoms with Gasteiger partial charge in [-0.25, -0.2) is 0 Å². The van der Waals surface area contributed by atoms with Gasteiger partial charge in [-0.05, 0) is 150 Å². The second kappa shape index (κ2) is 17.2. The first-order valence-corrected chi connectivity index (χ1v) is 30.9. The summed E-state index contributed by atoms with van der Waals surface area (Å²) in [6, 6.07) is 112. The van der Waals surface area contributed by atoms with Crippen LogP contribution in [0.1, 0.15) is 22.3 Å². The highest BCUT2D eigenvalue weighted by Gasteiger charge is 2.52. The molecule has 0 bridgehead atoms. The van der Waals surface area contributed by atoms with E-state index in [0.29, 0.717) is 0 Å². The minimum atomic E-state index is -0.754. The summed E-state index contributed by atoms with van der Waals surface area (Å²) in [4.78, 5) is 0. The minimum absolute atomic E-state index is 0.515. The lowest BCUT2D eigenvalue weighted by molar-refractivity contribution is 0.794. The van der Waals surface area contributed by atoms with Gasteiger partial charge in [-0.2, -0.15) is 0 Å². The monoisotopic (exact) mass is 1060 g/mol. The third kappa shape index (κ3) is 6.11. The quantitative estimate of drug-likeness (QED) is 0.151. The molecule has 2 aliphatic rings. The molecular weight excluding hydrogens is 1010 g/mol. The van der Waals surface area contributed by atoms with Crippen molar-refractivity contribution in [2.45, 2.75) is 5.41 Å². The Morgan fingerprint density at radius 3 is 1.20 bits per heavy atom. The zero-order chi connectivity index (χ0) is 52.9. The van der Waals surface area contributed by atoms with Crippen molar-refractivity contribution in [3.63, 3.8) is 0 Å². The zero-order valence-corrected chi connectivity index (χ0v) is 45.9. The molecule has 0 N–H and O–H groups in total. The van der Waals surface area contributed by atoms with E-state index in [4.69, 9.17) is 0 Å². The van der Waals surface area contributed by atoms with Gasteiger partial charge in [0.1, 0.15) is 0 Å². The number of fused-ring (bicyclic) bond motifs is 20. The van der Waals surface area contributed by atoms with Crippen LogP contribution in [-0.2, 0) is 5.41 Å². The van der Waals surface area contributed by atoms with Crippen LogP contribution >= 0.6 is 15.1 Å². The van der Waals surface area contributed by atoms with Crippen molar-refractivity contribution >= 4 is 89.4 Å². The zero-order valence-electron chi connectivity index (χ0n) is 44.1. The molecule has 0 radical (unpaired) electrons. The van der Waals surface area contributed by atoms with Crippen molar-refractivity contribution in [3.8, 4) is 66.2 Å². The lowest BCUT2D eigenvalue weighted by Crippen LogP contribution is -2.25. The van der Waals surface area contributed by atoms with Crippen LogP contribution in [0.5, 0.6) is 0 Å². The van der Waals surface area contributed by atoms with Gasteiger partial charge in [0, 0.05) is 31.2 Å². The fourth-order valence-electron chi connectivity index (χ4n) is 15.3. The van der Waals surface area contributed by atoms with Crippen LogP contribution in [0.15, 0.2) is 291 Å². The summed E-state index contributed by atoms with van der Waals surface area (Å²) in [6.45, 7) is 0. The first-order chi connectivity index (χ1) is 40.3. The van der Waals surface area contributed by atoms with E-state index in [-0.39, 0.29) is 0 Å². The Morgan fingerprint density at radius 1 is 0.210 bits per heavy atom. The van der Waals surface area contributed by atoms with Gasteiger partial charge in [0.15, 0.2) is 0 Å². The van der Waals surface area contributed by atoms with Gasteiger partial charge in [0.25, 0.3) is 0 Å². The number of hydrogen-bond acceptors (Lipinski definition) is 0. The number of rotatable bonds is 5. The van der Waals surface area contributed by atoms with E-state index in [0.717, 1.165) is 0 Å². The van der Waals surface area contributed by atoms with Gasteiger partial charge in [0.05, 0.1) is 5.41 Å². The molecule has 2 heteroatoms. The van der Waals surface area contributed by atoms with Crippen molar-refractivity contribution in [2.75, 3.05) is 0 Å². The SMILES string of the molecule is c1ccc(-p2c3ccccc3c3c(-c4cccc5c(-c6cccc7c6-c6ccccc6C76c7ccccc7-c7c6ccc6ccccc76)c6cccc(-c7cccc8c7c7ccccc7p8-c7ccccc7)c6cc45)cccc32)cc1. The smallest absolute Gasteiger partial charge is 0.0725 e. The maximum Gasteiger partial charge on any atom is 0.0725 e. The van der Waals surface area contributed by atoms with Gasteiger partial charge < -0.3 is 0 Å². The van der Waals surface area contributed by atoms with E-state index in [2.05, 4.69) is 291 Å². The minimum Gasteiger partial charge on any atom is -0.0772 e. The Balaban J connectivity index is 0.985. The number of hydrogen-bond donors (Lipinski definition) is 0. The summed E-state index contributed by atoms with van der Waals surface area (Å²) in [5, 5.41) is 21.5. The summed E-state index contributed by atoms with van der Waals surface area (Å²) >= 11 is 0. The number of benzene rings is 14. The standard InChI is InChI=1S/C79H48P2/c1-3-23-50(24-4-1)80-70-42-15-11-30-61(70)77-55(36-20-44-72(77)80)53-32-17-34-57-64(53)48-65-54(56-37-21-45-73-78(56)62-31-12-16-43-71(62)81(73)51-25-5-2-6-26-51)33-18-35-58(65)74(57)63-38-19-41-68-76(63)60-29-10-14-40-67(60)79(68)66-39-13-9-28-59(66)75-52-27-8-7-22-49(52)46-47-69(75)79/h1-48H. The summed E-state index contributed by atoms with van der Waals surface area (Å²) < 4.78 is 0. The van der Waals surface area contributed by atoms with Crippen LogP contribution in [0.4, 0.5) is 0 Å². The fraction of sp³-hybridized carbons (Fsp3) is 0.0127. The van der Waals surface area contributed by atoms with E-state index < -0.39 is 20.5 Å². The van der Waals surface area contributed by atoms with E-state index in [1.165, 1.54) is 163 Å². The van der Waals surface area contributed by atoms with Crippen LogP contribution in [-0.4, -0.2) is 0 Å². The largest absolute Gasteiger partial charge is 0.0772 e. The molecule has 374 valence electrons. The van der Waals surface area contributed by atoms with Gasteiger partial charge in [-0.1, -0.05) is 288 Å². The molecule has 3 atom stereocenters. The highest BCUT2D eigenvalue weighted by Crippen LogP contribution is 2.66. The molecule has 1 spiro atoms. The third-order valence-corrected chi connectivity index (χ3v) is 23.4. The lowest BCUT2D eigenvalue weighted by atomic mass is 9.70. The van der Waals surface area contributed by atoms with Gasteiger partial charge in [-0.3, -0.25) is 0 Å². The van der Waals surface area contributed by atoms with E-state index in [1.54, 1.807) is 0 Å². The molecule has 16 aromatic rings. The van der Waals surface area contributed by atoms with Crippen LogP contribution in [0.25, 0.3) is 141 Å². The topological polar surface area (TPSA) is 0 Å². The highest BCUT2D eigenvalue weighted by atomic mass is 31.1. The molecular formula is C79H48P2. The molecule has 2 aromatic heterocycles. The molecule has 0 aliphatic heterocycles. The first-order valence-electron chi connectivity index (χ1n) is 28.3. The third-order valence-electron chi connectivity index (χ3n) is 18.3. The summed E-state index contributed by atoms with van der Waals surface area (Å²) in [5.74, 6) is 0. The van der Waals surface area contributed by atoms with Crippen LogP contribution in [0.2, 0.25) is 0 Å². The van der Waals surface area contributed by atoms with Crippen molar-refractivity contribution in [1.29, 1.82) is 0 Å². The molecule has 0 amide bonds. The lowest BCUT2D eigenvalue weighted by Gasteiger charge is -2.30. The van der Waals surface area contributed by atoms with Gasteiger partial charge in [0.2, 0.25) is 0 Å². The molecule has 0 fully saturated rings. The van der Waals surface area contributed by atoms with Crippen LogP contribution in [0.3, 0.4) is 0 Å². The van der Waals surface area contributed by atoms with Crippen molar-refractivity contribution < 1.29 is 0 Å². The van der Waals surface area contributed by atoms with Gasteiger partial charge >= 0.3 is 0 Å². The molecule has 18 rings (SSSR count). The maximum atomic E-state index is 2.58. The molecule has 81 heavy (non-hydrogen) atoms. The molecule has 2 aliphatic carbocycles. The average molecular weight is 1060 g/mol. The Bertz CT molecular complexity index is 5130. The van der Waals surface area contributed by atoms with E-state index >= 15 is 0 Å². The Morgan fingerprint density at radius 2 is 0.605 bits per heavy atom. The van der Waals surface area contributed by atoms with Crippen molar-refractivity contribution in [1.82, 2.24) is 0 Å². The predicted octanol–water partition coefficient (Wildman–Crippen LogP) is 23.1. The fourth-order valence-corrected chi connectivity index (χ4v) is 20.6. The second-order valence-corrected chi connectivity index (χ2v) is 26.4. The van der Waals surface area contributed by atoms with Crippen molar-refractivity contribution in [2.24, 2.45) is 0 Å². The Labute approximate surface area is 471 Å². The van der Waals surface area contributed by atoms with Gasteiger partial charge in [-0.15, -0.1) is 0 Å². The molecule has 0 saturated heterocycles. The summed E-state index contributed by atoms with van der Waals surface area (Å²) in [6.07, 6.45) is 0. The summed E-state index contributed by atoms with van der Waals surface area (Å²) in [5.41, 5.74) is 17.8. The second-order valence-electron chi connectivity index (χ2n) is 22.1.